The minimum atomic E-state index is 0.0121. The van der Waals surface area contributed by atoms with E-state index in [9.17, 15) is 10.4 Å². The molecule has 7 nitrogen and oxygen atoms in total. The molecule has 4 rings (SSSR count). The van der Waals surface area contributed by atoms with E-state index in [1.54, 1.807) is 0 Å². The molecule has 0 saturated heterocycles. The molecule has 4 fully saturated rings. The third-order valence-corrected chi connectivity index (χ3v) is 11.9. The van der Waals surface area contributed by atoms with Crippen LogP contribution in [0.2, 0.25) is 0 Å². The number of nitriles is 1. The Labute approximate surface area is 242 Å². The van der Waals surface area contributed by atoms with Crippen LogP contribution in [0.25, 0.3) is 9.69 Å². The maximum absolute atomic E-state index is 9.55. The van der Waals surface area contributed by atoms with Gasteiger partial charge in [-0.3, -0.25) is 0 Å². The van der Waals surface area contributed by atoms with Gasteiger partial charge >= 0.3 is 0 Å². The topological polar surface area (TPSA) is 80.4 Å². The highest BCUT2D eigenvalue weighted by Crippen LogP contribution is 2.69. The monoisotopic (exact) mass is 553 g/mol. The van der Waals surface area contributed by atoms with E-state index in [0.717, 1.165) is 44.9 Å². The van der Waals surface area contributed by atoms with E-state index in [2.05, 4.69) is 36.5 Å². The van der Waals surface area contributed by atoms with Gasteiger partial charge in [0.05, 0.1) is 37.4 Å². The average Bonchev–Trinajstić information content (AvgIpc) is 3.31. The van der Waals surface area contributed by atoms with E-state index < -0.39 is 0 Å². The first-order chi connectivity index (χ1) is 19.3. The summed E-state index contributed by atoms with van der Waals surface area (Å²) in [6, 6.07) is 2.28. The molecule has 0 unspecified atom stereocenters. The maximum atomic E-state index is 9.55. The molecule has 0 heterocycles. The molecule has 4 aliphatic carbocycles. The predicted molar refractivity (Wildman–Crippen MR) is 154 cm³/mol. The number of ether oxygens (including phenoxy) is 3. The number of nitrogens with zero attached hydrogens (tertiary/aromatic N) is 3. The minimum absolute atomic E-state index is 0.0121. The molecule has 4 saturated carbocycles. The number of aliphatic hydroxyl groups is 1. The van der Waals surface area contributed by atoms with Crippen LogP contribution >= 0.6 is 0 Å². The van der Waals surface area contributed by atoms with Gasteiger partial charge in [0.25, 0.3) is 0 Å². The lowest BCUT2D eigenvalue weighted by molar-refractivity contribution is -0.226. The van der Waals surface area contributed by atoms with Crippen molar-refractivity contribution in [3.63, 3.8) is 0 Å². The summed E-state index contributed by atoms with van der Waals surface area (Å²) in [7, 11) is 0. The van der Waals surface area contributed by atoms with E-state index in [4.69, 9.17) is 27.4 Å². The fraction of sp³-hybridized carbons (Fsp3) is 0.909. The zero-order chi connectivity index (χ0) is 28.8. The van der Waals surface area contributed by atoms with Crippen LogP contribution in [0, 0.1) is 70.8 Å². The summed E-state index contributed by atoms with van der Waals surface area (Å²) in [5.74, 6) is 2.94. The van der Waals surface area contributed by atoms with Crippen molar-refractivity contribution in [2.45, 2.75) is 103 Å². The van der Waals surface area contributed by atoms with Crippen LogP contribution in [-0.4, -0.2) is 62.9 Å². The summed E-state index contributed by atoms with van der Waals surface area (Å²) in [6.45, 7) is 24.4. The van der Waals surface area contributed by atoms with Gasteiger partial charge in [0.15, 0.2) is 0 Å². The Morgan fingerprint density at radius 3 is 2.42 bits per heavy atom. The van der Waals surface area contributed by atoms with E-state index in [1.165, 1.54) is 12.8 Å². The summed E-state index contributed by atoms with van der Waals surface area (Å²) in [6.07, 6.45) is 10.3. The number of hydrogen-bond acceptors (Lipinski definition) is 5. The molecule has 0 bridgehead atoms. The molecule has 0 spiro atoms. The van der Waals surface area contributed by atoms with Crippen LogP contribution in [-0.2, 0) is 14.2 Å². The molecule has 0 amide bonds. The van der Waals surface area contributed by atoms with E-state index >= 15 is 0 Å². The normalized spacial score (nSPS) is 41.0. The Morgan fingerprint density at radius 1 is 0.975 bits per heavy atom. The summed E-state index contributed by atoms with van der Waals surface area (Å²) >= 11 is 0. The molecular weight excluding hydrogens is 502 g/mol. The van der Waals surface area contributed by atoms with Gasteiger partial charge in [0.2, 0.25) is 13.1 Å². The fourth-order valence-electron chi connectivity index (χ4n) is 10.0. The Balaban J connectivity index is 1.66. The first kappa shape index (κ1) is 31.3. The van der Waals surface area contributed by atoms with Crippen LogP contribution in [0.1, 0.15) is 85.0 Å². The fourth-order valence-corrected chi connectivity index (χ4v) is 10.0. The van der Waals surface area contributed by atoms with Crippen LogP contribution in [0.4, 0.5) is 0 Å². The quantitative estimate of drug-likeness (QED) is 0.218. The second-order valence-corrected chi connectivity index (χ2v) is 13.6. The van der Waals surface area contributed by atoms with Crippen molar-refractivity contribution in [3.8, 4) is 6.07 Å². The van der Waals surface area contributed by atoms with E-state index in [1.807, 2.05) is 0 Å². The third kappa shape index (κ3) is 6.08. The molecule has 1 N–H and O–H groups in total. The van der Waals surface area contributed by atoms with Gasteiger partial charge < -0.3 is 29.0 Å². The molecule has 0 aliphatic heterocycles. The van der Waals surface area contributed by atoms with Crippen molar-refractivity contribution in [1.82, 2.24) is 0 Å². The average molecular weight is 554 g/mol. The number of fused-ring (bicyclic) bond motifs is 5. The first-order valence-corrected chi connectivity index (χ1v) is 15.8. The SMILES string of the molecule is [C-]#[N+]CCO[C@@H]1CC[C@@]2(C)[C@@H](C1)C[C@@H](OCCC#N)[C@@H]1[C@@H]2C[C@H](OCC[N+]#[C-])[C@]2(C)[C@@H]([C@@H](C)CCCO)CC[C@@H]12. The van der Waals surface area contributed by atoms with Crippen molar-refractivity contribution in [1.29, 1.82) is 5.26 Å². The Kier molecular flexibility index (Phi) is 10.9. The molecule has 0 aromatic heterocycles. The number of hydrogen-bond donors (Lipinski definition) is 1. The van der Waals surface area contributed by atoms with Crippen molar-refractivity contribution in [2.24, 2.45) is 46.3 Å². The Hall–Kier alpha value is -1.69. The standard InChI is InChI=1S/C33H51N3O4/c1-23(8-6-16-37)26-9-10-27-31-28(22-30(33(26,27)3)40-19-15-36-5)32(2)12-11-25(38-18-14-35-4)20-24(32)21-29(31)39-17-7-13-34/h23-31,37H,6-12,14-22H2,1-3H3/t23-,24-,25+,26+,27-,28-,29+,30-,31-,32-,33+/m0/s1. The molecular formula is C33H51N3O4. The molecule has 7 heteroatoms. The second kappa shape index (κ2) is 14.0. The highest BCUT2D eigenvalue weighted by atomic mass is 16.5. The van der Waals surface area contributed by atoms with E-state index in [0.29, 0.717) is 74.8 Å². The summed E-state index contributed by atoms with van der Waals surface area (Å²) in [5, 5.41) is 18.8. The third-order valence-electron chi connectivity index (χ3n) is 11.9. The number of rotatable bonds is 13. The van der Waals surface area contributed by atoms with Crippen molar-refractivity contribution in [2.75, 3.05) is 39.5 Å². The van der Waals surface area contributed by atoms with Crippen molar-refractivity contribution < 1.29 is 19.3 Å². The molecule has 0 aromatic carbocycles. The van der Waals surface area contributed by atoms with Gasteiger partial charge in [-0.15, -0.1) is 0 Å². The van der Waals surface area contributed by atoms with Crippen molar-refractivity contribution in [3.05, 3.63) is 22.8 Å². The zero-order valence-electron chi connectivity index (χ0n) is 25.0. The summed E-state index contributed by atoms with van der Waals surface area (Å²) < 4.78 is 19.5. The van der Waals surface area contributed by atoms with Gasteiger partial charge in [-0.05, 0) is 98.7 Å². The number of aliphatic hydroxyl groups excluding tert-OH is 1. The Bertz CT molecular complexity index is 955. The van der Waals surface area contributed by atoms with Gasteiger partial charge in [-0.25, -0.2) is 13.1 Å². The van der Waals surface area contributed by atoms with Gasteiger partial charge in [0.1, 0.15) is 13.2 Å². The molecule has 4 aliphatic rings. The van der Waals surface area contributed by atoms with Crippen LogP contribution < -0.4 is 0 Å². The van der Waals surface area contributed by atoms with Gasteiger partial charge in [0, 0.05) is 12.0 Å². The van der Waals surface area contributed by atoms with Gasteiger partial charge in [-0.1, -0.05) is 20.8 Å². The molecule has 40 heavy (non-hydrogen) atoms. The smallest absolute Gasteiger partial charge is 0.237 e. The lowest BCUT2D eigenvalue weighted by Crippen LogP contribution is -2.63. The molecule has 0 aromatic rings. The highest BCUT2D eigenvalue weighted by Gasteiger charge is 2.66. The Morgan fingerprint density at radius 2 is 1.73 bits per heavy atom. The molecule has 222 valence electrons. The van der Waals surface area contributed by atoms with Gasteiger partial charge in [-0.2, -0.15) is 5.26 Å². The second-order valence-electron chi connectivity index (χ2n) is 13.6. The van der Waals surface area contributed by atoms with Crippen LogP contribution in [0.5, 0.6) is 0 Å². The maximum Gasteiger partial charge on any atom is 0.237 e. The highest BCUT2D eigenvalue weighted by molar-refractivity contribution is 5.15. The van der Waals surface area contributed by atoms with Crippen LogP contribution in [0.15, 0.2) is 0 Å². The van der Waals surface area contributed by atoms with Crippen molar-refractivity contribution >= 4 is 0 Å². The summed E-state index contributed by atoms with van der Waals surface area (Å²) in [4.78, 5) is 7.06. The lowest BCUT2D eigenvalue weighted by Gasteiger charge is -2.64. The minimum Gasteiger partial charge on any atom is -0.396 e. The molecule has 11 atom stereocenters. The zero-order valence-corrected chi connectivity index (χ0v) is 25.0. The largest absolute Gasteiger partial charge is 0.396 e. The van der Waals surface area contributed by atoms with Crippen LogP contribution in [0.3, 0.4) is 0 Å². The summed E-state index contributed by atoms with van der Waals surface area (Å²) in [5.41, 5.74) is 0.195. The lowest BCUT2D eigenvalue weighted by atomic mass is 9.43. The predicted octanol–water partition coefficient (Wildman–Crippen LogP) is 6.18. The van der Waals surface area contributed by atoms with E-state index in [-0.39, 0.29) is 35.7 Å². The first-order valence-electron chi connectivity index (χ1n) is 15.8. The molecule has 0 radical (unpaired) electrons.